The van der Waals surface area contributed by atoms with Crippen molar-refractivity contribution in [1.82, 2.24) is 4.57 Å². The van der Waals surface area contributed by atoms with Gasteiger partial charge in [-0.3, -0.25) is 4.57 Å². The molecule has 4 N–H and O–H groups in total. The first-order chi connectivity index (χ1) is 13.2. The van der Waals surface area contributed by atoms with Crippen molar-refractivity contribution in [2.45, 2.75) is 43.2 Å². The zero-order valence-electron chi connectivity index (χ0n) is 14.9. The van der Waals surface area contributed by atoms with Gasteiger partial charge in [0.05, 0.1) is 34.0 Å². The summed E-state index contributed by atoms with van der Waals surface area (Å²) in [4.78, 5) is 0. The van der Waals surface area contributed by atoms with E-state index in [0.717, 1.165) is 26.0 Å². The number of hydrogen-bond acceptors (Lipinski definition) is 6. The van der Waals surface area contributed by atoms with Crippen molar-refractivity contribution < 1.29 is 42.7 Å². The van der Waals surface area contributed by atoms with E-state index in [9.17, 15) is 38.0 Å². The molecule has 0 spiro atoms. The third-order valence-corrected chi connectivity index (χ3v) is 5.74. The normalized spacial score (nSPS) is 29.7. The van der Waals surface area contributed by atoms with E-state index in [-0.39, 0.29) is 16.8 Å². The Labute approximate surface area is 160 Å². The van der Waals surface area contributed by atoms with Crippen LogP contribution in [0.3, 0.4) is 0 Å². The third kappa shape index (κ3) is 2.06. The lowest BCUT2D eigenvalue weighted by Gasteiger charge is -2.35. The summed E-state index contributed by atoms with van der Waals surface area (Å²) >= 11 is 0. The average Bonchev–Trinajstić information content (AvgIpc) is 3.09. The molecule has 2 aliphatic rings. The second-order valence-corrected chi connectivity index (χ2v) is 7.40. The molecule has 2 bridgehead atoms. The number of nitrogens with zero attached hydrogens (tertiary/aromatic N) is 2. The van der Waals surface area contributed by atoms with Gasteiger partial charge in [-0.1, -0.05) is 0 Å². The number of aromatic hydroxyl groups is 2. The minimum absolute atomic E-state index is 0.304. The van der Waals surface area contributed by atoms with E-state index < -0.39 is 52.2 Å². The molecule has 4 rings (SSSR count). The maximum Gasteiger partial charge on any atom is 0.417 e. The predicted molar refractivity (Wildman–Crippen MR) is 86.7 cm³/mol. The van der Waals surface area contributed by atoms with Crippen LogP contribution in [0.25, 0.3) is 5.69 Å². The zero-order chi connectivity index (χ0) is 21.7. The molecule has 2 aliphatic heterocycles. The Balaban J connectivity index is 2.01. The monoisotopic (exact) mass is 414 g/mol. The van der Waals surface area contributed by atoms with Gasteiger partial charge < -0.3 is 25.2 Å². The second kappa shape index (κ2) is 5.21. The Bertz CT molecular complexity index is 1100. The summed E-state index contributed by atoms with van der Waals surface area (Å²) in [5.74, 6) is -4.73. The highest BCUT2D eigenvalue weighted by molar-refractivity contribution is 5.63. The van der Waals surface area contributed by atoms with Crippen molar-refractivity contribution in [1.29, 1.82) is 5.26 Å². The minimum Gasteiger partial charge on any atom is -0.494 e. The fourth-order valence-corrected chi connectivity index (χ4v) is 4.31. The number of rotatable bonds is 1. The van der Waals surface area contributed by atoms with Crippen LogP contribution in [0.1, 0.15) is 36.1 Å². The van der Waals surface area contributed by atoms with Gasteiger partial charge in [0.1, 0.15) is 5.60 Å². The summed E-state index contributed by atoms with van der Waals surface area (Å²) in [5.41, 5.74) is -7.26. The van der Waals surface area contributed by atoms with Crippen LogP contribution >= 0.6 is 0 Å². The van der Waals surface area contributed by atoms with E-state index in [2.05, 4.69) is 0 Å². The van der Waals surface area contributed by atoms with E-state index in [1.165, 1.54) is 6.07 Å². The van der Waals surface area contributed by atoms with Crippen molar-refractivity contribution in [2.75, 3.05) is 0 Å². The van der Waals surface area contributed by atoms with Gasteiger partial charge in [-0.05, 0) is 32.0 Å². The molecule has 1 saturated heterocycles. The van der Waals surface area contributed by atoms with Crippen molar-refractivity contribution >= 4 is 0 Å². The molecule has 7 nitrogen and oxygen atoms in total. The van der Waals surface area contributed by atoms with Crippen molar-refractivity contribution in [3.05, 3.63) is 40.5 Å². The molecule has 1 fully saturated rings. The molecule has 154 valence electrons. The van der Waals surface area contributed by atoms with Gasteiger partial charge in [0.15, 0.2) is 11.8 Å². The van der Waals surface area contributed by atoms with Gasteiger partial charge in [-0.2, -0.15) is 18.4 Å². The first-order valence-electron chi connectivity index (χ1n) is 8.30. The molecule has 0 saturated carbocycles. The SMILES string of the molecule is C[C@]12O[C@](C)(c3c1c(O)n(-c1ccc(C#N)c(C(F)(F)F)c1)c3O)C(O)(O)C2F. The summed E-state index contributed by atoms with van der Waals surface area (Å²) in [6.45, 7) is 2.21. The summed E-state index contributed by atoms with van der Waals surface area (Å²) < 4.78 is 60.6. The molecular weight excluding hydrogens is 400 g/mol. The van der Waals surface area contributed by atoms with Crippen molar-refractivity contribution in [2.24, 2.45) is 0 Å². The minimum atomic E-state index is -4.89. The lowest BCUT2D eigenvalue weighted by molar-refractivity contribution is -0.258. The molecule has 1 aromatic carbocycles. The number of fused-ring (bicyclic) bond motifs is 5. The highest BCUT2D eigenvalue weighted by atomic mass is 19.4. The molecule has 0 amide bonds. The Morgan fingerprint density at radius 2 is 1.72 bits per heavy atom. The van der Waals surface area contributed by atoms with Gasteiger partial charge in [-0.15, -0.1) is 0 Å². The lowest BCUT2D eigenvalue weighted by atomic mass is 9.74. The van der Waals surface area contributed by atoms with Crippen molar-refractivity contribution in [3.8, 4) is 23.5 Å². The van der Waals surface area contributed by atoms with E-state index in [1.54, 1.807) is 0 Å². The maximum atomic E-state index is 14.7. The number of nitriles is 1. The summed E-state index contributed by atoms with van der Waals surface area (Å²) in [5, 5.41) is 50.6. The standard InChI is InChI=1S/C18H14F4N2O5/c1-15-10-11(16(2,29-15)17(27,28)14(15)19)13(26)24(12(10)25)8-4-3-7(6-23)9(5-8)18(20,21)22/h3-5,14,25-28H,1-2H3/t14?,15-,16+/m0/s1. The number of aliphatic hydroxyl groups is 2. The highest BCUT2D eigenvalue weighted by Crippen LogP contribution is 2.67. The Hall–Kier alpha value is -2.81. The first-order valence-corrected chi connectivity index (χ1v) is 8.30. The quantitative estimate of drug-likeness (QED) is 0.420. The molecule has 0 aliphatic carbocycles. The van der Waals surface area contributed by atoms with Gasteiger partial charge in [-0.25, -0.2) is 4.39 Å². The third-order valence-electron chi connectivity index (χ3n) is 5.74. The Morgan fingerprint density at radius 3 is 2.28 bits per heavy atom. The molecule has 0 radical (unpaired) electrons. The van der Waals surface area contributed by atoms with Gasteiger partial charge in [0, 0.05) is 0 Å². The molecule has 1 unspecified atom stereocenters. The van der Waals surface area contributed by atoms with E-state index >= 15 is 0 Å². The number of benzene rings is 1. The number of hydrogen-bond donors (Lipinski definition) is 4. The summed E-state index contributed by atoms with van der Waals surface area (Å²) in [6.07, 6.45) is -7.31. The van der Waals surface area contributed by atoms with E-state index in [1.807, 2.05) is 0 Å². The summed E-state index contributed by atoms with van der Waals surface area (Å²) in [6, 6.07) is 3.86. The Morgan fingerprint density at radius 1 is 1.14 bits per heavy atom. The topological polar surface area (TPSA) is 119 Å². The van der Waals surface area contributed by atoms with Crippen LogP contribution in [0, 0.1) is 11.3 Å². The van der Waals surface area contributed by atoms with Gasteiger partial charge >= 0.3 is 6.18 Å². The molecule has 11 heteroatoms. The van der Waals surface area contributed by atoms with Crippen LogP contribution < -0.4 is 0 Å². The number of aromatic nitrogens is 1. The van der Waals surface area contributed by atoms with Gasteiger partial charge in [0.25, 0.3) is 0 Å². The van der Waals surface area contributed by atoms with Crippen LogP contribution in [-0.2, 0) is 22.1 Å². The number of halogens is 4. The molecule has 2 aromatic rings. The first kappa shape index (κ1) is 19.5. The molecule has 3 heterocycles. The fourth-order valence-electron chi connectivity index (χ4n) is 4.31. The van der Waals surface area contributed by atoms with Crippen LogP contribution in [0.4, 0.5) is 17.6 Å². The molecule has 1 aromatic heterocycles. The van der Waals surface area contributed by atoms with Crippen LogP contribution in [-0.4, -0.2) is 37.0 Å². The van der Waals surface area contributed by atoms with Crippen molar-refractivity contribution in [3.63, 3.8) is 0 Å². The lowest BCUT2D eigenvalue weighted by Crippen LogP contribution is -2.55. The van der Waals surface area contributed by atoms with Gasteiger partial charge in [0.2, 0.25) is 17.5 Å². The molecule has 3 atom stereocenters. The highest BCUT2D eigenvalue weighted by Gasteiger charge is 2.77. The zero-order valence-corrected chi connectivity index (χ0v) is 14.9. The smallest absolute Gasteiger partial charge is 0.417 e. The number of alkyl halides is 4. The van der Waals surface area contributed by atoms with E-state index in [4.69, 9.17) is 10.00 Å². The molecule has 29 heavy (non-hydrogen) atoms. The average molecular weight is 414 g/mol. The summed E-state index contributed by atoms with van der Waals surface area (Å²) in [7, 11) is 0. The maximum absolute atomic E-state index is 14.7. The van der Waals surface area contributed by atoms with Crippen LogP contribution in [0.15, 0.2) is 18.2 Å². The second-order valence-electron chi connectivity index (χ2n) is 7.40. The Kier molecular flexibility index (Phi) is 3.50. The molecular formula is C18H14F4N2O5. The fraction of sp³-hybridized carbons (Fsp3) is 0.389. The van der Waals surface area contributed by atoms with Crippen LogP contribution in [0.2, 0.25) is 0 Å². The van der Waals surface area contributed by atoms with Crippen LogP contribution in [0.5, 0.6) is 11.8 Å². The van der Waals surface area contributed by atoms with E-state index in [0.29, 0.717) is 10.6 Å². The largest absolute Gasteiger partial charge is 0.494 e. The predicted octanol–water partition coefficient (Wildman–Crippen LogP) is 2.27. The number of ether oxygens (including phenoxy) is 1.